The number of thiophene rings is 1. The molecular formula is C13H12Cl2N2OS. The van der Waals surface area contributed by atoms with Crippen molar-refractivity contribution in [1.82, 2.24) is 5.32 Å². The van der Waals surface area contributed by atoms with Crippen molar-refractivity contribution in [3.63, 3.8) is 0 Å². The first-order valence-electron chi connectivity index (χ1n) is 5.63. The van der Waals surface area contributed by atoms with Crippen LogP contribution in [-0.4, -0.2) is 6.03 Å². The summed E-state index contributed by atoms with van der Waals surface area (Å²) in [5.74, 6) is 0. The van der Waals surface area contributed by atoms with E-state index in [2.05, 4.69) is 10.6 Å². The smallest absolute Gasteiger partial charge is 0.319 e. The van der Waals surface area contributed by atoms with E-state index in [1.807, 2.05) is 31.2 Å². The highest BCUT2D eigenvalue weighted by molar-refractivity contribution is 7.16. The molecule has 2 N–H and O–H groups in total. The van der Waals surface area contributed by atoms with Crippen LogP contribution < -0.4 is 10.6 Å². The number of rotatable bonds is 3. The zero-order valence-corrected chi connectivity index (χ0v) is 12.4. The molecule has 1 heterocycles. The van der Waals surface area contributed by atoms with Crippen molar-refractivity contribution < 1.29 is 4.79 Å². The summed E-state index contributed by atoms with van der Waals surface area (Å²) in [7, 11) is 0. The maximum Gasteiger partial charge on any atom is 0.319 e. The van der Waals surface area contributed by atoms with Crippen LogP contribution in [0.3, 0.4) is 0 Å². The predicted octanol–water partition coefficient (Wildman–Crippen LogP) is 4.94. The van der Waals surface area contributed by atoms with E-state index in [-0.39, 0.29) is 12.1 Å². The van der Waals surface area contributed by atoms with Gasteiger partial charge in [-0.15, -0.1) is 11.3 Å². The normalized spacial score (nSPS) is 11.9. The van der Waals surface area contributed by atoms with E-state index in [1.54, 1.807) is 12.1 Å². The lowest BCUT2D eigenvalue weighted by Crippen LogP contribution is -2.30. The molecule has 1 atom stereocenters. The number of hydrogen-bond acceptors (Lipinski definition) is 2. The van der Waals surface area contributed by atoms with E-state index < -0.39 is 0 Å². The number of carbonyl (C=O) groups excluding carboxylic acids is 1. The van der Waals surface area contributed by atoms with Crippen LogP contribution in [0.4, 0.5) is 10.5 Å². The third-order valence-electron chi connectivity index (χ3n) is 2.49. The number of benzene rings is 1. The lowest BCUT2D eigenvalue weighted by Gasteiger charge is -2.13. The third-order valence-corrected chi connectivity index (χ3v) is 4.23. The predicted molar refractivity (Wildman–Crippen MR) is 81.4 cm³/mol. The number of amides is 2. The monoisotopic (exact) mass is 314 g/mol. The number of anilines is 1. The molecule has 0 aliphatic rings. The van der Waals surface area contributed by atoms with Crippen LogP contribution >= 0.6 is 34.5 Å². The fraction of sp³-hybridized carbons (Fsp3) is 0.154. The van der Waals surface area contributed by atoms with Gasteiger partial charge in [0.25, 0.3) is 0 Å². The molecule has 2 aromatic rings. The Bertz CT molecular complexity index is 586. The van der Waals surface area contributed by atoms with Crippen LogP contribution in [0.5, 0.6) is 0 Å². The van der Waals surface area contributed by atoms with E-state index >= 15 is 0 Å². The highest BCUT2D eigenvalue weighted by Crippen LogP contribution is 2.27. The van der Waals surface area contributed by atoms with Gasteiger partial charge in [-0.2, -0.15) is 0 Å². The van der Waals surface area contributed by atoms with Crippen molar-refractivity contribution in [3.05, 3.63) is 50.6 Å². The van der Waals surface area contributed by atoms with Crippen LogP contribution in [0.1, 0.15) is 17.8 Å². The molecule has 1 aromatic heterocycles. The Labute approximate surface area is 125 Å². The molecule has 2 amide bonds. The molecule has 0 saturated heterocycles. The largest absolute Gasteiger partial charge is 0.331 e. The van der Waals surface area contributed by atoms with E-state index in [9.17, 15) is 4.79 Å². The van der Waals surface area contributed by atoms with Crippen LogP contribution in [0.2, 0.25) is 9.36 Å². The molecule has 0 unspecified atom stereocenters. The van der Waals surface area contributed by atoms with Gasteiger partial charge in [0.2, 0.25) is 0 Å². The Kier molecular flexibility index (Phi) is 4.69. The second kappa shape index (κ2) is 6.28. The fourth-order valence-electron chi connectivity index (χ4n) is 1.55. The minimum atomic E-state index is -0.301. The van der Waals surface area contributed by atoms with Gasteiger partial charge < -0.3 is 10.6 Å². The molecule has 3 nitrogen and oxygen atoms in total. The summed E-state index contributed by atoms with van der Waals surface area (Å²) in [5.41, 5.74) is 0.582. The zero-order chi connectivity index (χ0) is 13.8. The average molecular weight is 315 g/mol. The maximum absolute atomic E-state index is 11.8. The maximum atomic E-state index is 11.8. The summed E-state index contributed by atoms with van der Waals surface area (Å²) < 4.78 is 0.704. The molecule has 0 saturated carbocycles. The molecule has 0 spiro atoms. The van der Waals surface area contributed by atoms with E-state index in [4.69, 9.17) is 23.2 Å². The molecule has 1 aromatic carbocycles. The number of halogens is 2. The van der Waals surface area contributed by atoms with Gasteiger partial charge in [0.1, 0.15) is 0 Å². The van der Waals surface area contributed by atoms with Gasteiger partial charge in [-0.05, 0) is 31.2 Å². The lowest BCUT2D eigenvalue weighted by molar-refractivity contribution is 0.249. The van der Waals surface area contributed by atoms with Gasteiger partial charge >= 0.3 is 6.03 Å². The number of carbonyl (C=O) groups is 1. The lowest BCUT2D eigenvalue weighted by atomic mass is 10.3. The summed E-state index contributed by atoms with van der Waals surface area (Å²) in [6, 6.07) is 10.4. The van der Waals surface area contributed by atoms with Gasteiger partial charge in [-0.25, -0.2) is 4.79 Å². The Balaban J connectivity index is 1.96. The van der Waals surface area contributed by atoms with Crippen LogP contribution in [0.25, 0.3) is 0 Å². The van der Waals surface area contributed by atoms with Crippen molar-refractivity contribution in [3.8, 4) is 0 Å². The summed E-state index contributed by atoms with van der Waals surface area (Å²) in [4.78, 5) is 12.8. The van der Waals surface area contributed by atoms with Gasteiger partial charge in [0.15, 0.2) is 0 Å². The highest BCUT2D eigenvalue weighted by atomic mass is 35.5. The molecule has 0 aliphatic carbocycles. The van der Waals surface area contributed by atoms with Gasteiger partial charge in [0, 0.05) is 4.88 Å². The highest BCUT2D eigenvalue weighted by Gasteiger charge is 2.12. The van der Waals surface area contributed by atoms with Crippen molar-refractivity contribution in [2.24, 2.45) is 0 Å². The summed E-state index contributed by atoms with van der Waals surface area (Å²) >= 11 is 13.3. The van der Waals surface area contributed by atoms with Crippen molar-refractivity contribution in [2.45, 2.75) is 13.0 Å². The van der Waals surface area contributed by atoms with Crippen molar-refractivity contribution >= 4 is 46.3 Å². The van der Waals surface area contributed by atoms with Crippen molar-refractivity contribution in [2.75, 3.05) is 5.32 Å². The first-order valence-corrected chi connectivity index (χ1v) is 7.21. The Morgan fingerprint density at radius 3 is 2.58 bits per heavy atom. The molecule has 2 rings (SSSR count). The van der Waals surface area contributed by atoms with E-state index in [1.165, 1.54) is 11.3 Å². The number of nitrogens with one attached hydrogen (secondary N) is 2. The van der Waals surface area contributed by atoms with Gasteiger partial charge in [-0.1, -0.05) is 35.3 Å². The number of para-hydroxylation sites is 1. The third kappa shape index (κ3) is 3.86. The Morgan fingerprint density at radius 2 is 1.95 bits per heavy atom. The van der Waals surface area contributed by atoms with E-state index in [0.717, 1.165) is 4.88 Å². The fourth-order valence-corrected chi connectivity index (χ4v) is 2.80. The standard InChI is InChI=1S/C13H12Cl2N2OS/c1-8(11-6-7-12(15)19-11)16-13(18)17-10-5-3-2-4-9(10)14/h2-8H,1H3,(H2,16,17,18)/t8-/m1/s1. The van der Waals surface area contributed by atoms with Crippen LogP contribution in [0.15, 0.2) is 36.4 Å². The van der Waals surface area contributed by atoms with E-state index in [0.29, 0.717) is 15.0 Å². The molecule has 100 valence electrons. The molecule has 6 heteroatoms. The topological polar surface area (TPSA) is 41.1 Å². The molecule has 0 bridgehead atoms. The minimum Gasteiger partial charge on any atom is -0.331 e. The Morgan fingerprint density at radius 1 is 1.21 bits per heavy atom. The number of urea groups is 1. The van der Waals surface area contributed by atoms with Crippen LogP contribution in [-0.2, 0) is 0 Å². The summed E-state index contributed by atoms with van der Waals surface area (Å²) in [5, 5.41) is 6.04. The van der Waals surface area contributed by atoms with Gasteiger partial charge in [-0.3, -0.25) is 0 Å². The van der Waals surface area contributed by atoms with Crippen LogP contribution in [0, 0.1) is 0 Å². The first-order chi connectivity index (χ1) is 9.06. The van der Waals surface area contributed by atoms with Crippen molar-refractivity contribution in [1.29, 1.82) is 0 Å². The molecule has 19 heavy (non-hydrogen) atoms. The molecule has 0 radical (unpaired) electrons. The Hall–Kier alpha value is -1.23. The quantitative estimate of drug-likeness (QED) is 0.828. The summed E-state index contributed by atoms with van der Waals surface area (Å²) in [6.45, 7) is 1.90. The average Bonchev–Trinajstić information content (AvgIpc) is 2.79. The number of hydrogen-bond donors (Lipinski definition) is 2. The molecule has 0 aliphatic heterocycles. The zero-order valence-electron chi connectivity index (χ0n) is 10.1. The molecular weight excluding hydrogens is 303 g/mol. The summed E-state index contributed by atoms with van der Waals surface area (Å²) in [6.07, 6.45) is 0. The first kappa shape index (κ1) is 14.2. The second-order valence-corrected chi connectivity index (χ2v) is 6.10. The van der Waals surface area contributed by atoms with Gasteiger partial charge in [0.05, 0.1) is 21.1 Å². The second-order valence-electron chi connectivity index (χ2n) is 3.94. The minimum absolute atomic E-state index is 0.111. The SMILES string of the molecule is C[C@@H](NC(=O)Nc1ccccc1Cl)c1ccc(Cl)s1. The molecule has 0 fully saturated rings.